The van der Waals surface area contributed by atoms with E-state index < -0.39 is 5.97 Å². The molecule has 0 aliphatic carbocycles. The van der Waals surface area contributed by atoms with Crippen molar-refractivity contribution in [1.82, 2.24) is 10.3 Å². The highest BCUT2D eigenvalue weighted by molar-refractivity contribution is 5.95. The van der Waals surface area contributed by atoms with Crippen molar-refractivity contribution >= 4 is 11.9 Å². The lowest BCUT2D eigenvalue weighted by atomic mass is 10.0. The fourth-order valence-corrected chi connectivity index (χ4v) is 2.92. The first-order valence-corrected chi connectivity index (χ1v) is 8.52. The number of benzene rings is 1. The third-order valence-electron chi connectivity index (χ3n) is 4.42. The zero-order valence-corrected chi connectivity index (χ0v) is 15.1. The molecule has 1 saturated heterocycles. The monoisotopic (exact) mass is 365 g/mol. The minimum Gasteiger partial charge on any atom is -0.465 e. The summed E-state index contributed by atoms with van der Waals surface area (Å²) < 4.78 is 9.97. The number of aromatic nitrogens is 1. The lowest BCUT2D eigenvalue weighted by molar-refractivity contribution is 0.0599. The highest BCUT2D eigenvalue weighted by atomic mass is 16.5. The number of amides is 1. The van der Waals surface area contributed by atoms with Crippen LogP contribution < -0.4 is 5.32 Å². The summed E-state index contributed by atoms with van der Waals surface area (Å²) in [6, 6.07) is 10.4. The number of nitrogens with zero attached hydrogens (tertiary/aromatic N) is 2. The van der Waals surface area contributed by atoms with E-state index in [1.165, 1.54) is 13.2 Å². The van der Waals surface area contributed by atoms with Gasteiger partial charge >= 0.3 is 5.97 Å². The summed E-state index contributed by atoms with van der Waals surface area (Å²) in [7, 11) is 1.28. The number of esters is 1. The highest BCUT2D eigenvalue weighted by Crippen LogP contribution is 2.24. The molecule has 27 heavy (non-hydrogen) atoms. The average molecular weight is 365 g/mol. The van der Waals surface area contributed by atoms with Gasteiger partial charge < -0.3 is 14.8 Å². The van der Waals surface area contributed by atoms with Crippen molar-refractivity contribution in [2.45, 2.75) is 19.4 Å². The van der Waals surface area contributed by atoms with E-state index in [9.17, 15) is 14.9 Å². The average Bonchev–Trinajstić information content (AvgIpc) is 3.20. The van der Waals surface area contributed by atoms with Gasteiger partial charge in [-0.1, -0.05) is 12.1 Å². The molecule has 1 aliphatic heterocycles. The zero-order valence-electron chi connectivity index (χ0n) is 15.1. The summed E-state index contributed by atoms with van der Waals surface area (Å²) in [4.78, 5) is 28.5. The van der Waals surface area contributed by atoms with Crippen LogP contribution in [0.1, 0.15) is 38.4 Å². The third-order valence-corrected chi connectivity index (χ3v) is 4.42. The summed E-state index contributed by atoms with van der Waals surface area (Å²) in [6.07, 6.45) is 0.811. The highest BCUT2D eigenvalue weighted by Gasteiger charge is 2.19. The molecule has 1 atom stereocenters. The van der Waals surface area contributed by atoms with Gasteiger partial charge in [-0.2, -0.15) is 5.26 Å². The number of nitriles is 1. The Labute approximate surface area is 156 Å². The van der Waals surface area contributed by atoms with E-state index in [4.69, 9.17) is 9.47 Å². The minimum absolute atomic E-state index is 0.0394. The van der Waals surface area contributed by atoms with Gasteiger partial charge in [-0.25, -0.2) is 4.79 Å². The molecule has 0 radical (unpaired) electrons. The molecule has 0 spiro atoms. The predicted molar refractivity (Wildman–Crippen MR) is 97.2 cm³/mol. The van der Waals surface area contributed by atoms with Gasteiger partial charge in [0.05, 0.1) is 42.3 Å². The topological polar surface area (TPSA) is 101 Å². The Balaban J connectivity index is 1.86. The van der Waals surface area contributed by atoms with Crippen molar-refractivity contribution in [2.24, 2.45) is 0 Å². The molecule has 0 saturated carbocycles. The number of methoxy groups -OCH3 is 1. The van der Waals surface area contributed by atoms with Crippen LogP contribution in [0.15, 0.2) is 30.3 Å². The van der Waals surface area contributed by atoms with E-state index >= 15 is 0 Å². The summed E-state index contributed by atoms with van der Waals surface area (Å²) in [6.45, 7) is 2.88. The number of rotatable bonds is 4. The number of aryl methyl sites for hydroxylation is 1. The van der Waals surface area contributed by atoms with Crippen LogP contribution in [0.5, 0.6) is 0 Å². The van der Waals surface area contributed by atoms with Crippen LogP contribution in [-0.4, -0.2) is 43.2 Å². The molecule has 1 fully saturated rings. The molecular weight excluding hydrogens is 346 g/mol. The fourth-order valence-electron chi connectivity index (χ4n) is 2.92. The number of carbonyl (C=O) groups is 2. The van der Waals surface area contributed by atoms with E-state index in [1.807, 2.05) is 0 Å². The summed E-state index contributed by atoms with van der Waals surface area (Å²) in [5.74, 6) is -0.700. The Hall–Kier alpha value is -3.24. The van der Waals surface area contributed by atoms with E-state index in [2.05, 4.69) is 16.4 Å². The Kier molecular flexibility index (Phi) is 5.48. The number of ether oxygens (including phenoxy) is 2. The first kappa shape index (κ1) is 18.5. The normalized spacial score (nSPS) is 15.8. The number of nitrogens with one attached hydrogen (secondary N) is 1. The Morgan fingerprint density at radius 2 is 2.07 bits per heavy atom. The quantitative estimate of drug-likeness (QED) is 0.834. The van der Waals surface area contributed by atoms with Gasteiger partial charge in [0, 0.05) is 17.7 Å². The van der Waals surface area contributed by atoms with Gasteiger partial charge in [-0.15, -0.1) is 0 Å². The molecule has 2 aromatic rings. The van der Waals surface area contributed by atoms with Crippen molar-refractivity contribution in [1.29, 1.82) is 5.26 Å². The molecule has 0 bridgehead atoms. The smallest absolute Gasteiger partial charge is 0.339 e. The molecule has 1 unspecified atom stereocenters. The van der Waals surface area contributed by atoms with Crippen LogP contribution >= 0.6 is 0 Å². The summed E-state index contributed by atoms with van der Waals surface area (Å²) >= 11 is 0. The van der Waals surface area contributed by atoms with Gasteiger partial charge in [-0.05, 0) is 31.5 Å². The second-order valence-corrected chi connectivity index (χ2v) is 6.23. The van der Waals surface area contributed by atoms with Crippen LogP contribution in [0.3, 0.4) is 0 Å². The van der Waals surface area contributed by atoms with Crippen LogP contribution in [0.4, 0.5) is 0 Å². The van der Waals surface area contributed by atoms with Crippen LogP contribution in [0.2, 0.25) is 0 Å². The number of hydrogen-bond donors (Lipinski definition) is 1. The molecular formula is C20H19N3O4. The Morgan fingerprint density at radius 1 is 1.33 bits per heavy atom. The second-order valence-electron chi connectivity index (χ2n) is 6.23. The second kappa shape index (κ2) is 7.98. The van der Waals surface area contributed by atoms with E-state index in [1.54, 1.807) is 31.2 Å². The van der Waals surface area contributed by atoms with Crippen molar-refractivity contribution in [2.75, 3.05) is 20.3 Å². The number of carbonyl (C=O) groups excluding carboxylic acids is 2. The van der Waals surface area contributed by atoms with E-state index in [0.29, 0.717) is 35.7 Å². The molecule has 2 heterocycles. The number of pyridine rings is 1. The molecule has 7 heteroatoms. The van der Waals surface area contributed by atoms with Gasteiger partial charge in [-0.3, -0.25) is 9.78 Å². The molecule has 1 aromatic carbocycles. The molecule has 1 aromatic heterocycles. The maximum absolute atomic E-state index is 12.3. The van der Waals surface area contributed by atoms with Crippen LogP contribution in [0, 0.1) is 18.3 Å². The molecule has 1 amide bonds. The minimum atomic E-state index is -0.536. The molecule has 138 valence electrons. The fraction of sp³-hybridized carbons (Fsp3) is 0.300. The van der Waals surface area contributed by atoms with Gasteiger partial charge in [0.1, 0.15) is 6.07 Å². The van der Waals surface area contributed by atoms with Crippen LogP contribution in [-0.2, 0) is 9.47 Å². The standard InChI is InChI=1S/C20H19N3O4/c1-12-17(20(25)26-2)9-15(10-21)18(22-12)13-3-5-14(6-4-13)19(24)23-16-7-8-27-11-16/h3-6,9,16H,7-8,11H2,1-2H3,(H,23,24). The largest absolute Gasteiger partial charge is 0.465 e. The lowest BCUT2D eigenvalue weighted by Gasteiger charge is -2.12. The summed E-state index contributed by atoms with van der Waals surface area (Å²) in [5.41, 5.74) is 2.66. The van der Waals surface area contributed by atoms with Crippen molar-refractivity contribution in [3.05, 3.63) is 52.7 Å². The Bertz CT molecular complexity index is 910. The first-order valence-electron chi connectivity index (χ1n) is 8.52. The maximum Gasteiger partial charge on any atom is 0.339 e. The Morgan fingerprint density at radius 3 is 2.67 bits per heavy atom. The SMILES string of the molecule is COC(=O)c1cc(C#N)c(-c2ccc(C(=O)NC3CCOC3)cc2)nc1C. The lowest BCUT2D eigenvalue weighted by Crippen LogP contribution is -2.34. The van der Waals surface area contributed by atoms with Crippen molar-refractivity contribution in [3.8, 4) is 17.3 Å². The zero-order chi connectivity index (χ0) is 19.4. The third kappa shape index (κ3) is 3.96. The molecule has 7 nitrogen and oxygen atoms in total. The van der Waals surface area contributed by atoms with Crippen LogP contribution in [0.25, 0.3) is 11.3 Å². The van der Waals surface area contributed by atoms with E-state index in [-0.39, 0.29) is 23.1 Å². The number of hydrogen-bond acceptors (Lipinski definition) is 6. The van der Waals surface area contributed by atoms with Crippen molar-refractivity contribution < 1.29 is 19.1 Å². The van der Waals surface area contributed by atoms with E-state index in [0.717, 1.165) is 6.42 Å². The van der Waals surface area contributed by atoms with Gasteiger partial charge in [0.25, 0.3) is 5.91 Å². The van der Waals surface area contributed by atoms with Crippen molar-refractivity contribution in [3.63, 3.8) is 0 Å². The van der Waals surface area contributed by atoms with Gasteiger partial charge in [0.2, 0.25) is 0 Å². The maximum atomic E-state index is 12.3. The molecule has 1 N–H and O–H groups in total. The summed E-state index contributed by atoms with van der Waals surface area (Å²) in [5, 5.41) is 12.4. The van der Waals surface area contributed by atoms with Gasteiger partial charge in [0.15, 0.2) is 0 Å². The first-order chi connectivity index (χ1) is 13.0. The molecule has 1 aliphatic rings. The molecule has 3 rings (SSSR count). The predicted octanol–water partition coefficient (Wildman–Crippen LogP) is 2.23.